The largest absolute Gasteiger partial charge is 0.478 e. The molecule has 0 atom stereocenters. The molecule has 0 amide bonds. The fraction of sp³-hybridized carbons (Fsp3) is 0.625. The molecule has 3 rings (SSSR count). The second-order valence-corrected chi connectivity index (χ2v) is 5.98. The first-order valence-corrected chi connectivity index (χ1v) is 7.76. The molecule has 2 N–H and O–H groups in total. The molecule has 0 unspecified atom stereocenters. The van der Waals surface area contributed by atoms with E-state index >= 15 is 0 Å². The Labute approximate surface area is 119 Å². The van der Waals surface area contributed by atoms with E-state index in [9.17, 15) is 9.90 Å². The van der Waals surface area contributed by atoms with Crippen LogP contribution in [0.15, 0.2) is 6.07 Å². The highest BCUT2D eigenvalue weighted by Gasteiger charge is 2.21. The van der Waals surface area contributed by atoms with E-state index in [1.54, 1.807) is 0 Å². The Morgan fingerprint density at radius 3 is 2.65 bits per heavy atom. The van der Waals surface area contributed by atoms with Gasteiger partial charge in [-0.3, -0.25) is 0 Å². The molecule has 4 nitrogen and oxygen atoms in total. The third-order valence-electron chi connectivity index (χ3n) is 4.48. The van der Waals surface area contributed by atoms with Gasteiger partial charge in [0.15, 0.2) is 0 Å². The van der Waals surface area contributed by atoms with Crippen LogP contribution >= 0.6 is 0 Å². The summed E-state index contributed by atoms with van der Waals surface area (Å²) in [5.41, 5.74) is 2.57. The predicted octanol–water partition coefficient (Wildman–Crippen LogP) is 3.40. The smallest absolute Gasteiger partial charge is 0.339 e. The van der Waals surface area contributed by atoms with Gasteiger partial charge in [0, 0.05) is 11.7 Å². The Morgan fingerprint density at radius 1 is 1.15 bits per heavy atom. The molecule has 1 fully saturated rings. The van der Waals surface area contributed by atoms with Gasteiger partial charge in [0.05, 0.1) is 0 Å². The standard InChI is InChI=1S/C16H22N2O2/c19-16(20)13-10-11-6-4-5-9-14(11)18-15(13)17-12-7-2-1-3-8-12/h10,12H,1-9H2,(H,17,18)(H,19,20). The number of hydrogen-bond donors (Lipinski definition) is 2. The first kappa shape index (κ1) is 13.4. The number of nitrogens with zero attached hydrogens (tertiary/aromatic N) is 1. The maximum absolute atomic E-state index is 11.5. The quantitative estimate of drug-likeness (QED) is 0.886. The normalized spacial score (nSPS) is 19.4. The van der Waals surface area contributed by atoms with Crippen LogP contribution in [-0.2, 0) is 12.8 Å². The molecule has 20 heavy (non-hydrogen) atoms. The highest BCUT2D eigenvalue weighted by atomic mass is 16.4. The van der Waals surface area contributed by atoms with Crippen molar-refractivity contribution in [2.24, 2.45) is 0 Å². The molecule has 1 saturated carbocycles. The second kappa shape index (κ2) is 5.81. The molecule has 0 bridgehead atoms. The summed E-state index contributed by atoms with van der Waals surface area (Å²) in [7, 11) is 0. The van der Waals surface area contributed by atoms with Crippen LogP contribution in [0.25, 0.3) is 0 Å². The molecular weight excluding hydrogens is 252 g/mol. The molecule has 1 aromatic rings. The second-order valence-electron chi connectivity index (χ2n) is 5.98. The summed E-state index contributed by atoms with van der Waals surface area (Å²) in [4.78, 5) is 16.1. The highest BCUT2D eigenvalue weighted by molar-refractivity contribution is 5.93. The van der Waals surface area contributed by atoms with Crippen LogP contribution in [0, 0.1) is 0 Å². The van der Waals surface area contributed by atoms with Crippen molar-refractivity contribution in [3.8, 4) is 0 Å². The average Bonchev–Trinajstić information content (AvgIpc) is 2.47. The molecule has 1 aromatic heterocycles. The van der Waals surface area contributed by atoms with Crippen LogP contribution < -0.4 is 5.32 Å². The Morgan fingerprint density at radius 2 is 1.90 bits per heavy atom. The maximum Gasteiger partial charge on any atom is 0.339 e. The number of nitrogens with one attached hydrogen (secondary N) is 1. The van der Waals surface area contributed by atoms with Crippen LogP contribution in [0.4, 0.5) is 5.82 Å². The summed E-state index contributed by atoms with van der Waals surface area (Å²) in [6.07, 6.45) is 10.2. The van der Waals surface area contributed by atoms with Crippen molar-refractivity contribution < 1.29 is 9.90 Å². The van der Waals surface area contributed by atoms with Gasteiger partial charge in [0.25, 0.3) is 0 Å². The van der Waals surface area contributed by atoms with E-state index in [0.29, 0.717) is 17.4 Å². The molecule has 0 saturated heterocycles. The van der Waals surface area contributed by atoms with E-state index in [1.165, 1.54) is 19.3 Å². The van der Waals surface area contributed by atoms with Crippen molar-refractivity contribution in [3.63, 3.8) is 0 Å². The van der Waals surface area contributed by atoms with Crippen LogP contribution in [0.3, 0.4) is 0 Å². The molecule has 2 aliphatic rings. The average molecular weight is 274 g/mol. The van der Waals surface area contributed by atoms with E-state index in [-0.39, 0.29) is 0 Å². The number of anilines is 1. The number of carboxylic acids is 1. The summed E-state index contributed by atoms with van der Waals surface area (Å²) in [5.74, 6) is -0.283. The fourth-order valence-electron chi connectivity index (χ4n) is 3.35. The minimum atomic E-state index is -0.871. The number of pyridine rings is 1. The summed E-state index contributed by atoms with van der Waals surface area (Å²) >= 11 is 0. The maximum atomic E-state index is 11.5. The van der Waals surface area contributed by atoms with Crippen molar-refractivity contribution in [1.29, 1.82) is 0 Å². The van der Waals surface area contributed by atoms with Gasteiger partial charge in [-0.15, -0.1) is 0 Å². The van der Waals surface area contributed by atoms with Crippen LogP contribution in [0.2, 0.25) is 0 Å². The summed E-state index contributed by atoms with van der Waals surface area (Å²) < 4.78 is 0. The molecule has 0 spiro atoms. The topological polar surface area (TPSA) is 62.2 Å². The Kier molecular flexibility index (Phi) is 3.90. The van der Waals surface area contributed by atoms with Gasteiger partial charge in [-0.2, -0.15) is 0 Å². The van der Waals surface area contributed by atoms with Crippen molar-refractivity contribution in [1.82, 2.24) is 4.98 Å². The number of rotatable bonds is 3. The lowest BCUT2D eigenvalue weighted by molar-refractivity contribution is 0.0697. The van der Waals surface area contributed by atoms with Gasteiger partial charge in [-0.25, -0.2) is 9.78 Å². The molecule has 0 aromatic carbocycles. The third-order valence-corrected chi connectivity index (χ3v) is 4.48. The zero-order valence-corrected chi connectivity index (χ0v) is 11.8. The lowest BCUT2D eigenvalue weighted by Crippen LogP contribution is -2.25. The van der Waals surface area contributed by atoms with Gasteiger partial charge < -0.3 is 10.4 Å². The SMILES string of the molecule is O=C(O)c1cc2c(nc1NC1CCCCC1)CCCC2. The van der Waals surface area contributed by atoms with E-state index in [1.807, 2.05) is 6.07 Å². The van der Waals surface area contributed by atoms with Gasteiger partial charge in [-0.1, -0.05) is 19.3 Å². The molecule has 0 aliphatic heterocycles. The fourth-order valence-corrected chi connectivity index (χ4v) is 3.35. The summed E-state index contributed by atoms with van der Waals surface area (Å²) in [6, 6.07) is 2.23. The first-order chi connectivity index (χ1) is 9.74. The number of aromatic carboxylic acids is 1. The molecule has 4 heteroatoms. The number of carbonyl (C=O) groups is 1. The van der Waals surface area contributed by atoms with E-state index in [4.69, 9.17) is 0 Å². The van der Waals surface area contributed by atoms with Gasteiger partial charge >= 0.3 is 5.97 Å². The predicted molar refractivity (Wildman–Crippen MR) is 78.3 cm³/mol. The number of aryl methyl sites for hydroxylation is 2. The lowest BCUT2D eigenvalue weighted by atomic mass is 9.93. The Bertz CT molecular complexity index is 507. The molecule has 2 aliphatic carbocycles. The van der Waals surface area contributed by atoms with Crippen molar-refractivity contribution >= 4 is 11.8 Å². The van der Waals surface area contributed by atoms with E-state index in [0.717, 1.165) is 49.8 Å². The van der Waals surface area contributed by atoms with E-state index < -0.39 is 5.97 Å². The monoisotopic (exact) mass is 274 g/mol. The summed E-state index contributed by atoms with van der Waals surface area (Å²) in [6.45, 7) is 0. The van der Waals surface area contributed by atoms with Crippen molar-refractivity contribution in [2.75, 3.05) is 5.32 Å². The molecule has 108 valence electrons. The van der Waals surface area contributed by atoms with Crippen LogP contribution in [0.1, 0.15) is 66.6 Å². The molecule has 1 heterocycles. The van der Waals surface area contributed by atoms with Gasteiger partial charge in [0.1, 0.15) is 11.4 Å². The third kappa shape index (κ3) is 2.79. The first-order valence-electron chi connectivity index (χ1n) is 7.76. The van der Waals surface area contributed by atoms with Gasteiger partial charge in [-0.05, 0) is 50.2 Å². The van der Waals surface area contributed by atoms with Crippen LogP contribution in [-0.4, -0.2) is 22.1 Å². The number of hydrogen-bond acceptors (Lipinski definition) is 3. The Hall–Kier alpha value is -1.58. The zero-order valence-electron chi connectivity index (χ0n) is 11.8. The van der Waals surface area contributed by atoms with Crippen molar-refractivity contribution in [2.45, 2.75) is 63.8 Å². The van der Waals surface area contributed by atoms with Crippen molar-refractivity contribution in [3.05, 3.63) is 22.9 Å². The lowest BCUT2D eigenvalue weighted by Gasteiger charge is -2.25. The minimum Gasteiger partial charge on any atom is -0.478 e. The highest BCUT2D eigenvalue weighted by Crippen LogP contribution is 2.27. The number of aromatic nitrogens is 1. The molecule has 0 radical (unpaired) electrons. The summed E-state index contributed by atoms with van der Waals surface area (Å²) in [5, 5.41) is 12.8. The van der Waals surface area contributed by atoms with Crippen LogP contribution in [0.5, 0.6) is 0 Å². The number of carboxylic acid groups (broad SMARTS) is 1. The number of fused-ring (bicyclic) bond motifs is 1. The minimum absolute atomic E-state index is 0.344. The molecular formula is C16H22N2O2. The van der Waals surface area contributed by atoms with E-state index in [2.05, 4.69) is 10.3 Å². The zero-order chi connectivity index (χ0) is 13.9. The van der Waals surface area contributed by atoms with Gasteiger partial charge in [0.2, 0.25) is 0 Å². The Balaban J connectivity index is 1.88.